The SMILES string of the molecule is CCOc1cc(C)ccc1S(=O)(=O)Nc1ccc2c(c1)CN(C)C(=O)N2. The van der Waals surface area contributed by atoms with Gasteiger partial charge in [-0.25, -0.2) is 13.2 Å². The third-order valence-corrected chi connectivity index (χ3v) is 5.46. The summed E-state index contributed by atoms with van der Waals surface area (Å²) in [6.07, 6.45) is 0. The van der Waals surface area contributed by atoms with Crippen molar-refractivity contribution in [2.75, 3.05) is 23.7 Å². The third-order valence-electron chi connectivity index (χ3n) is 4.04. The first-order chi connectivity index (χ1) is 12.3. The first-order valence-corrected chi connectivity index (χ1v) is 9.70. The Balaban J connectivity index is 1.91. The van der Waals surface area contributed by atoms with Gasteiger partial charge in [-0.1, -0.05) is 6.07 Å². The number of urea groups is 1. The van der Waals surface area contributed by atoms with Crippen molar-refractivity contribution in [3.8, 4) is 5.75 Å². The van der Waals surface area contributed by atoms with Crippen molar-refractivity contribution in [1.29, 1.82) is 0 Å². The van der Waals surface area contributed by atoms with E-state index in [0.29, 0.717) is 30.3 Å². The van der Waals surface area contributed by atoms with Crippen LogP contribution in [0.2, 0.25) is 0 Å². The molecule has 0 aliphatic carbocycles. The molecule has 1 heterocycles. The molecule has 2 N–H and O–H groups in total. The molecule has 3 rings (SSSR count). The fourth-order valence-corrected chi connectivity index (χ4v) is 3.94. The van der Waals surface area contributed by atoms with Crippen LogP contribution in [0.4, 0.5) is 16.2 Å². The van der Waals surface area contributed by atoms with Crippen molar-refractivity contribution in [2.45, 2.75) is 25.3 Å². The largest absolute Gasteiger partial charge is 0.492 e. The second-order valence-electron chi connectivity index (χ2n) is 6.15. The third kappa shape index (κ3) is 3.60. The molecule has 26 heavy (non-hydrogen) atoms. The number of hydrogen-bond donors (Lipinski definition) is 2. The number of carbonyl (C=O) groups is 1. The Kier molecular flexibility index (Phi) is 4.78. The molecule has 0 atom stereocenters. The smallest absolute Gasteiger partial charge is 0.321 e. The predicted molar refractivity (Wildman–Crippen MR) is 100 cm³/mol. The Morgan fingerprint density at radius 2 is 2.00 bits per heavy atom. The van der Waals surface area contributed by atoms with Crippen molar-refractivity contribution in [1.82, 2.24) is 4.90 Å². The number of fused-ring (bicyclic) bond motifs is 1. The average molecular weight is 375 g/mol. The van der Waals surface area contributed by atoms with Gasteiger partial charge in [0.15, 0.2) is 0 Å². The molecule has 0 saturated heterocycles. The summed E-state index contributed by atoms with van der Waals surface area (Å²) in [5, 5.41) is 2.75. The van der Waals surface area contributed by atoms with Gasteiger partial charge in [0.2, 0.25) is 0 Å². The normalized spacial score (nSPS) is 13.8. The van der Waals surface area contributed by atoms with E-state index in [2.05, 4.69) is 10.0 Å². The lowest BCUT2D eigenvalue weighted by Crippen LogP contribution is -2.35. The van der Waals surface area contributed by atoms with Crippen molar-refractivity contribution in [3.05, 3.63) is 47.5 Å². The summed E-state index contributed by atoms with van der Waals surface area (Å²) in [7, 11) is -2.13. The molecule has 0 saturated carbocycles. The molecule has 0 fully saturated rings. The minimum Gasteiger partial charge on any atom is -0.492 e. The molecule has 2 aromatic rings. The van der Waals surface area contributed by atoms with Crippen LogP contribution in [0.3, 0.4) is 0 Å². The van der Waals surface area contributed by atoms with E-state index in [-0.39, 0.29) is 10.9 Å². The first-order valence-electron chi connectivity index (χ1n) is 8.21. The zero-order chi connectivity index (χ0) is 18.9. The van der Waals surface area contributed by atoms with Gasteiger partial charge in [0.05, 0.1) is 6.61 Å². The number of anilines is 2. The summed E-state index contributed by atoms with van der Waals surface area (Å²) in [4.78, 5) is 13.3. The molecule has 0 unspecified atom stereocenters. The Bertz CT molecular complexity index is 957. The van der Waals surface area contributed by atoms with E-state index in [0.717, 1.165) is 11.1 Å². The van der Waals surface area contributed by atoms with Crippen molar-refractivity contribution in [2.24, 2.45) is 0 Å². The van der Waals surface area contributed by atoms with Gasteiger partial charge < -0.3 is 15.0 Å². The molecule has 138 valence electrons. The lowest BCUT2D eigenvalue weighted by molar-refractivity contribution is 0.218. The number of carbonyl (C=O) groups excluding carboxylic acids is 1. The zero-order valence-corrected chi connectivity index (χ0v) is 15.7. The maximum atomic E-state index is 12.8. The minimum atomic E-state index is -3.81. The summed E-state index contributed by atoms with van der Waals surface area (Å²) in [5.41, 5.74) is 2.86. The first kappa shape index (κ1) is 18.1. The number of ether oxygens (including phenoxy) is 1. The molecule has 2 aromatic carbocycles. The molecular weight excluding hydrogens is 354 g/mol. The summed E-state index contributed by atoms with van der Waals surface area (Å²) >= 11 is 0. The Hall–Kier alpha value is -2.74. The summed E-state index contributed by atoms with van der Waals surface area (Å²) < 4.78 is 33.7. The quantitative estimate of drug-likeness (QED) is 0.840. The number of hydrogen-bond acceptors (Lipinski definition) is 4. The highest BCUT2D eigenvalue weighted by Gasteiger charge is 2.23. The van der Waals surface area contributed by atoms with Gasteiger partial charge in [-0.05, 0) is 55.3 Å². The Morgan fingerprint density at radius 1 is 1.23 bits per heavy atom. The second kappa shape index (κ2) is 6.87. The van der Waals surface area contributed by atoms with Crippen molar-refractivity contribution in [3.63, 3.8) is 0 Å². The molecule has 0 radical (unpaired) electrons. The zero-order valence-electron chi connectivity index (χ0n) is 14.9. The number of nitrogens with one attached hydrogen (secondary N) is 2. The van der Waals surface area contributed by atoms with E-state index >= 15 is 0 Å². The van der Waals surface area contributed by atoms with E-state index in [4.69, 9.17) is 4.74 Å². The summed E-state index contributed by atoms with van der Waals surface area (Å²) in [5.74, 6) is 0.324. The van der Waals surface area contributed by atoms with Crippen LogP contribution < -0.4 is 14.8 Å². The van der Waals surface area contributed by atoms with Crippen LogP contribution in [0.25, 0.3) is 0 Å². The van der Waals surface area contributed by atoms with E-state index < -0.39 is 10.0 Å². The molecular formula is C18H21N3O4S. The van der Waals surface area contributed by atoms with E-state index in [1.54, 1.807) is 44.3 Å². The van der Waals surface area contributed by atoms with Crippen LogP contribution in [-0.4, -0.2) is 33.0 Å². The van der Waals surface area contributed by atoms with Gasteiger partial charge in [0.25, 0.3) is 10.0 Å². The fraction of sp³-hybridized carbons (Fsp3) is 0.278. The molecule has 7 nitrogen and oxygen atoms in total. The van der Waals surface area contributed by atoms with Gasteiger partial charge in [-0.2, -0.15) is 0 Å². The van der Waals surface area contributed by atoms with Crippen molar-refractivity contribution >= 4 is 27.4 Å². The number of aryl methyl sites for hydroxylation is 1. The molecule has 8 heteroatoms. The minimum absolute atomic E-state index is 0.0908. The number of nitrogens with zero attached hydrogens (tertiary/aromatic N) is 1. The number of benzene rings is 2. The molecule has 0 aromatic heterocycles. The molecule has 0 spiro atoms. The number of rotatable bonds is 5. The maximum Gasteiger partial charge on any atom is 0.321 e. The van der Waals surface area contributed by atoms with Gasteiger partial charge in [0.1, 0.15) is 10.6 Å². The highest BCUT2D eigenvalue weighted by atomic mass is 32.2. The van der Waals surface area contributed by atoms with Gasteiger partial charge in [0, 0.05) is 25.0 Å². The lowest BCUT2D eigenvalue weighted by Gasteiger charge is -2.26. The monoisotopic (exact) mass is 375 g/mol. The van der Waals surface area contributed by atoms with Crippen LogP contribution in [0.5, 0.6) is 5.75 Å². The number of sulfonamides is 1. The predicted octanol–water partition coefficient (Wildman–Crippen LogP) is 3.17. The van der Waals surface area contributed by atoms with E-state index in [1.165, 1.54) is 11.0 Å². The van der Waals surface area contributed by atoms with Crippen LogP contribution in [0, 0.1) is 6.92 Å². The average Bonchev–Trinajstić information content (AvgIpc) is 2.56. The standard InChI is InChI=1S/C18H21N3O4S/c1-4-25-16-9-12(2)5-8-17(16)26(23,24)20-14-6-7-15-13(10-14)11-21(3)18(22)19-15/h5-10,20H,4,11H2,1-3H3,(H,19,22). The highest BCUT2D eigenvalue weighted by molar-refractivity contribution is 7.92. The highest BCUT2D eigenvalue weighted by Crippen LogP contribution is 2.30. The van der Waals surface area contributed by atoms with Crippen molar-refractivity contribution < 1.29 is 17.9 Å². The van der Waals surface area contributed by atoms with E-state index in [9.17, 15) is 13.2 Å². The van der Waals surface area contributed by atoms with Gasteiger partial charge >= 0.3 is 6.03 Å². The lowest BCUT2D eigenvalue weighted by atomic mass is 10.1. The van der Waals surface area contributed by atoms with Crippen LogP contribution in [0.1, 0.15) is 18.1 Å². The van der Waals surface area contributed by atoms with Gasteiger partial charge in [-0.3, -0.25) is 4.72 Å². The Morgan fingerprint density at radius 3 is 2.73 bits per heavy atom. The van der Waals surface area contributed by atoms with Crippen LogP contribution in [0.15, 0.2) is 41.3 Å². The summed E-state index contributed by atoms with van der Waals surface area (Å²) in [6, 6.07) is 9.82. The molecule has 1 aliphatic heterocycles. The molecule has 0 bridgehead atoms. The molecule has 1 aliphatic rings. The van der Waals surface area contributed by atoms with Crippen LogP contribution >= 0.6 is 0 Å². The molecule has 2 amide bonds. The topological polar surface area (TPSA) is 87.7 Å². The maximum absolute atomic E-state index is 12.8. The van der Waals surface area contributed by atoms with Gasteiger partial charge in [-0.15, -0.1) is 0 Å². The Labute approximate surface area is 153 Å². The summed E-state index contributed by atoms with van der Waals surface area (Å²) in [6.45, 7) is 4.46. The second-order valence-corrected chi connectivity index (χ2v) is 7.80. The fourth-order valence-electron chi connectivity index (χ4n) is 2.76. The van der Waals surface area contributed by atoms with Crippen LogP contribution in [-0.2, 0) is 16.6 Å². The number of amides is 2. The van der Waals surface area contributed by atoms with E-state index in [1.807, 2.05) is 6.92 Å².